The Kier molecular flexibility index (Phi) is 2.77. The van der Waals surface area contributed by atoms with Crippen molar-refractivity contribution in [3.05, 3.63) is 48.5 Å². The molecule has 0 atom stereocenters. The number of nitrogens with one attached hydrogen (secondary N) is 1. The largest absolute Gasteiger partial charge is 0.477 e. The number of hydrogen-bond acceptors (Lipinski definition) is 4. The molecule has 2 aromatic heterocycles. The van der Waals surface area contributed by atoms with Gasteiger partial charge in [0.15, 0.2) is 0 Å². The Morgan fingerprint density at radius 2 is 1.88 bits per heavy atom. The summed E-state index contributed by atoms with van der Waals surface area (Å²) in [6, 6.07) is 6.74. The summed E-state index contributed by atoms with van der Waals surface area (Å²) in [7, 11) is 0. The van der Waals surface area contributed by atoms with E-state index < -0.39 is 5.97 Å². The van der Waals surface area contributed by atoms with Crippen molar-refractivity contribution in [1.82, 2.24) is 9.97 Å². The maximum absolute atomic E-state index is 10.6. The normalized spacial score (nSPS) is 9.75. The highest BCUT2D eigenvalue weighted by atomic mass is 16.4. The first kappa shape index (κ1) is 10.1. The van der Waals surface area contributed by atoms with Gasteiger partial charge in [0.1, 0.15) is 5.69 Å². The summed E-state index contributed by atoms with van der Waals surface area (Å²) in [6.45, 7) is 0. The van der Waals surface area contributed by atoms with Crippen molar-refractivity contribution in [2.45, 2.75) is 0 Å². The molecule has 5 heteroatoms. The van der Waals surface area contributed by atoms with Crippen molar-refractivity contribution >= 4 is 17.3 Å². The molecule has 0 saturated carbocycles. The number of rotatable bonds is 3. The van der Waals surface area contributed by atoms with E-state index in [1.807, 2.05) is 12.1 Å². The Hall–Kier alpha value is -2.43. The van der Waals surface area contributed by atoms with Crippen molar-refractivity contribution < 1.29 is 9.90 Å². The molecule has 2 aromatic rings. The molecular formula is C11H9N3O2. The minimum absolute atomic E-state index is 0.0280. The zero-order valence-electron chi connectivity index (χ0n) is 8.29. The predicted molar refractivity (Wildman–Crippen MR) is 58.7 cm³/mol. The third-order valence-electron chi connectivity index (χ3n) is 1.95. The second-order valence-corrected chi connectivity index (χ2v) is 3.10. The molecule has 0 unspecified atom stereocenters. The highest BCUT2D eigenvalue weighted by Crippen LogP contribution is 2.14. The lowest BCUT2D eigenvalue weighted by Crippen LogP contribution is -2.00. The van der Waals surface area contributed by atoms with Crippen LogP contribution in [0.3, 0.4) is 0 Å². The molecule has 0 aliphatic rings. The van der Waals surface area contributed by atoms with E-state index in [0.717, 1.165) is 11.4 Å². The molecule has 16 heavy (non-hydrogen) atoms. The van der Waals surface area contributed by atoms with Crippen LogP contribution in [0.4, 0.5) is 11.4 Å². The molecule has 2 rings (SSSR count). The molecule has 0 fully saturated rings. The Morgan fingerprint density at radius 3 is 2.44 bits per heavy atom. The van der Waals surface area contributed by atoms with E-state index in [0.29, 0.717) is 0 Å². The SMILES string of the molecule is O=C(O)c1ccc(Nc2ccncc2)cn1. The van der Waals surface area contributed by atoms with Gasteiger partial charge in [0.05, 0.1) is 11.9 Å². The zero-order valence-corrected chi connectivity index (χ0v) is 8.29. The summed E-state index contributed by atoms with van der Waals surface area (Å²) < 4.78 is 0. The second kappa shape index (κ2) is 4.39. The van der Waals surface area contributed by atoms with Crippen LogP contribution in [0, 0.1) is 0 Å². The van der Waals surface area contributed by atoms with Gasteiger partial charge in [-0.05, 0) is 24.3 Å². The number of pyridine rings is 2. The fourth-order valence-corrected chi connectivity index (χ4v) is 1.20. The highest BCUT2D eigenvalue weighted by Gasteiger charge is 2.03. The van der Waals surface area contributed by atoms with Crippen molar-refractivity contribution in [3.8, 4) is 0 Å². The lowest BCUT2D eigenvalue weighted by molar-refractivity contribution is 0.0690. The Labute approximate surface area is 91.8 Å². The van der Waals surface area contributed by atoms with Crippen LogP contribution >= 0.6 is 0 Å². The number of carbonyl (C=O) groups is 1. The maximum atomic E-state index is 10.6. The second-order valence-electron chi connectivity index (χ2n) is 3.10. The number of carboxylic acid groups (broad SMARTS) is 1. The zero-order chi connectivity index (χ0) is 11.4. The number of aromatic carboxylic acids is 1. The average Bonchev–Trinajstić information content (AvgIpc) is 2.31. The van der Waals surface area contributed by atoms with Crippen molar-refractivity contribution in [2.24, 2.45) is 0 Å². The minimum atomic E-state index is -1.03. The molecule has 0 aliphatic heterocycles. The summed E-state index contributed by atoms with van der Waals surface area (Å²) >= 11 is 0. The van der Waals surface area contributed by atoms with Gasteiger partial charge in [-0.3, -0.25) is 4.98 Å². The van der Waals surface area contributed by atoms with Gasteiger partial charge in [-0.25, -0.2) is 9.78 Å². The molecule has 0 saturated heterocycles. The third-order valence-corrected chi connectivity index (χ3v) is 1.95. The quantitative estimate of drug-likeness (QED) is 0.818. The van der Waals surface area contributed by atoms with E-state index in [9.17, 15) is 4.79 Å². The van der Waals surface area contributed by atoms with E-state index in [4.69, 9.17) is 5.11 Å². The molecule has 2 heterocycles. The first-order chi connectivity index (χ1) is 7.75. The van der Waals surface area contributed by atoms with Crippen LogP contribution in [-0.4, -0.2) is 21.0 Å². The van der Waals surface area contributed by atoms with E-state index in [2.05, 4.69) is 15.3 Å². The average molecular weight is 215 g/mol. The first-order valence-corrected chi connectivity index (χ1v) is 4.62. The molecule has 0 amide bonds. The highest BCUT2D eigenvalue weighted by molar-refractivity contribution is 5.85. The molecule has 0 aromatic carbocycles. The van der Waals surface area contributed by atoms with Crippen LogP contribution in [0.25, 0.3) is 0 Å². The van der Waals surface area contributed by atoms with Crippen LogP contribution in [0.1, 0.15) is 10.5 Å². The first-order valence-electron chi connectivity index (χ1n) is 4.62. The van der Waals surface area contributed by atoms with Crippen LogP contribution in [0.15, 0.2) is 42.9 Å². The smallest absolute Gasteiger partial charge is 0.354 e. The van der Waals surface area contributed by atoms with Crippen molar-refractivity contribution in [3.63, 3.8) is 0 Å². The van der Waals surface area contributed by atoms with E-state index in [1.165, 1.54) is 12.3 Å². The van der Waals surface area contributed by atoms with E-state index in [1.54, 1.807) is 18.5 Å². The molecule has 0 bridgehead atoms. The molecule has 0 radical (unpaired) electrons. The lowest BCUT2D eigenvalue weighted by atomic mass is 10.3. The number of hydrogen-bond donors (Lipinski definition) is 2. The van der Waals surface area contributed by atoms with Gasteiger partial charge in [0.25, 0.3) is 0 Å². The Bertz CT molecular complexity index is 482. The summed E-state index contributed by atoms with van der Waals surface area (Å²) in [5, 5.41) is 11.7. The van der Waals surface area contributed by atoms with Gasteiger partial charge in [-0.2, -0.15) is 0 Å². The molecule has 5 nitrogen and oxygen atoms in total. The summed E-state index contributed by atoms with van der Waals surface area (Å²) in [4.78, 5) is 18.3. The lowest BCUT2D eigenvalue weighted by Gasteiger charge is -2.04. The van der Waals surface area contributed by atoms with Crippen LogP contribution in [0.5, 0.6) is 0 Å². The van der Waals surface area contributed by atoms with Crippen LogP contribution in [0.2, 0.25) is 0 Å². The Morgan fingerprint density at radius 1 is 1.12 bits per heavy atom. The number of carboxylic acids is 1. The van der Waals surface area contributed by atoms with Gasteiger partial charge >= 0.3 is 5.97 Å². The topological polar surface area (TPSA) is 75.1 Å². The summed E-state index contributed by atoms with van der Waals surface area (Å²) in [5.41, 5.74) is 1.64. The fraction of sp³-hybridized carbons (Fsp3) is 0. The van der Waals surface area contributed by atoms with Crippen LogP contribution < -0.4 is 5.32 Å². The van der Waals surface area contributed by atoms with E-state index >= 15 is 0 Å². The Balaban J connectivity index is 2.14. The minimum Gasteiger partial charge on any atom is -0.477 e. The van der Waals surface area contributed by atoms with Crippen molar-refractivity contribution in [1.29, 1.82) is 0 Å². The van der Waals surface area contributed by atoms with Gasteiger partial charge in [-0.1, -0.05) is 0 Å². The monoisotopic (exact) mass is 215 g/mol. The molecule has 2 N–H and O–H groups in total. The van der Waals surface area contributed by atoms with Gasteiger partial charge in [-0.15, -0.1) is 0 Å². The van der Waals surface area contributed by atoms with Crippen molar-refractivity contribution in [2.75, 3.05) is 5.32 Å². The van der Waals surface area contributed by atoms with E-state index in [-0.39, 0.29) is 5.69 Å². The standard InChI is InChI=1S/C11H9N3O2/c15-11(16)10-2-1-9(7-13-10)14-8-3-5-12-6-4-8/h1-7H,(H,12,14)(H,15,16). The van der Waals surface area contributed by atoms with Gasteiger partial charge in [0.2, 0.25) is 0 Å². The number of nitrogens with zero attached hydrogens (tertiary/aromatic N) is 2. The summed E-state index contributed by atoms with van der Waals surface area (Å²) in [6.07, 6.45) is 4.81. The van der Waals surface area contributed by atoms with Crippen LogP contribution in [-0.2, 0) is 0 Å². The number of anilines is 2. The fourth-order valence-electron chi connectivity index (χ4n) is 1.20. The predicted octanol–water partition coefficient (Wildman–Crippen LogP) is 1.92. The van der Waals surface area contributed by atoms with Gasteiger partial charge in [0, 0.05) is 18.1 Å². The summed E-state index contributed by atoms with van der Waals surface area (Å²) in [5.74, 6) is -1.03. The molecule has 0 aliphatic carbocycles. The van der Waals surface area contributed by atoms with Gasteiger partial charge < -0.3 is 10.4 Å². The molecular weight excluding hydrogens is 206 g/mol. The third kappa shape index (κ3) is 2.33. The molecule has 0 spiro atoms. The molecule has 80 valence electrons. The number of aromatic nitrogens is 2. The maximum Gasteiger partial charge on any atom is 0.354 e.